The Kier molecular flexibility index (Phi) is 5.57. The number of guanidine groups is 1. The van der Waals surface area contributed by atoms with E-state index in [-0.39, 0.29) is 0 Å². The Balaban J connectivity index is 1.75. The van der Waals surface area contributed by atoms with E-state index >= 15 is 0 Å². The minimum Gasteiger partial charge on any atom is -0.356 e. The molecule has 2 rings (SSSR count). The van der Waals surface area contributed by atoms with Gasteiger partial charge < -0.3 is 15.2 Å². The zero-order valence-electron chi connectivity index (χ0n) is 13.8. The monoisotopic (exact) mass is 303 g/mol. The minimum atomic E-state index is 0.729. The molecule has 0 fully saturated rings. The molecule has 0 aromatic carbocycles. The highest BCUT2D eigenvalue weighted by Gasteiger charge is 2.09. The third-order valence-electron chi connectivity index (χ3n) is 3.76. The molecule has 0 aliphatic heterocycles. The van der Waals surface area contributed by atoms with Gasteiger partial charge in [0.25, 0.3) is 0 Å². The lowest BCUT2D eigenvalue weighted by Crippen LogP contribution is -2.37. The van der Waals surface area contributed by atoms with Gasteiger partial charge in [-0.05, 0) is 20.3 Å². The Hall–Kier alpha value is -2.31. The molecule has 2 heterocycles. The van der Waals surface area contributed by atoms with E-state index in [1.54, 1.807) is 13.2 Å². The van der Waals surface area contributed by atoms with Crippen molar-refractivity contribution in [3.05, 3.63) is 35.7 Å². The number of rotatable bonds is 6. The summed E-state index contributed by atoms with van der Waals surface area (Å²) in [5, 5.41) is 11.1. The number of nitrogens with zero attached hydrogens (tertiary/aromatic N) is 5. The van der Waals surface area contributed by atoms with Crippen molar-refractivity contribution in [2.45, 2.75) is 33.4 Å². The summed E-state index contributed by atoms with van der Waals surface area (Å²) in [5.74, 6) is 0.813. The van der Waals surface area contributed by atoms with E-state index in [2.05, 4.69) is 37.2 Å². The molecule has 2 aromatic rings. The zero-order chi connectivity index (χ0) is 15.9. The van der Waals surface area contributed by atoms with Crippen LogP contribution in [0.15, 0.2) is 23.7 Å². The number of hydrogen-bond acceptors (Lipinski definition) is 3. The van der Waals surface area contributed by atoms with Gasteiger partial charge in [0.15, 0.2) is 5.96 Å². The molecule has 2 aromatic heterocycles. The highest BCUT2D eigenvalue weighted by Crippen LogP contribution is 2.10. The molecular weight excluding hydrogens is 278 g/mol. The van der Waals surface area contributed by atoms with Crippen LogP contribution in [-0.2, 0) is 20.1 Å². The van der Waals surface area contributed by atoms with Crippen LogP contribution in [0.1, 0.15) is 23.4 Å². The summed E-state index contributed by atoms with van der Waals surface area (Å²) in [6.07, 6.45) is 6.62. The molecule has 0 radical (unpaired) electrons. The van der Waals surface area contributed by atoms with E-state index in [9.17, 15) is 0 Å². The molecule has 0 bridgehead atoms. The van der Waals surface area contributed by atoms with Crippen LogP contribution in [0.4, 0.5) is 0 Å². The summed E-state index contributed by atoms with van der Waals surface area (Å²) in [6, 6.07) is 0. The SMILES string of the molecule is CN=C(NCCCn1ccnc1)NCc1c(C)nn(C)c1C. The van der Waals surface area contributed by atoms with Crippen molar-refractivity contribution >= 4 is 5.96 Å². The molecule has 0 saturated heterocycles. The van der Waals surface area contributed by atoms with Gasteiger partial charge in [0.2, 0.25) is 0 Å². The molecule has 0 saturated carbocycles. The largest absolute Gasteiger partial charge is 0.356 e. The van der Waals surface area contributed by atoms with Crippen LogP contribution in [-0.4, -0.2) is 38.9 Å². The summed E-state index contributed by atoms with van der Waals surface area (Å²) >= 11 is 0. The van der Waals surface area contributed by atoms with E-state index in [1.807, 2.05) is 31.2 Å². The van der Waals surface area contributed by atoms with Crippen LogP contribution in [0.25, 0.3) is 0 Å². The Morgan fingerprint density at radius 3 is 2.73 bits per heavy atom. The maximum absolute atomic E-state index is 4.43. The number of aryl methyl sites for hydroxylation is 3. The Bertz CT molecular complexity index is 610. The Morgan fingerprint density at radius 1 is 1.32 bits per heavy atom. The van der Waals surface area contributed by atoms with Crippen LogP contribution in [0.5, 0.6) is 0 Å². The Labute approximate surface area is 131 Å². The van der Waals surface area contributed by atoms with Gasteiger partial charge in [0.05, 0.1) is 12.0 Å². The topological polar surface area (TPSA) is 72.1 Å². The van der Waals surface area contributed by atoms with Gasteiger partial charge in [-0.2, -0.15) is 5.10 Å². The summed E-state index contributed by atoms with van der Waals surface area (Å²) < 4.78 is 3.98. The highest BCUT2D eigenvalue weighted by molar-refractivity contribution is 5.79. The summed E-state index contributed by atoms with van der Waals surface area (Å²) in [4.78, 5) is 8.28. The molecule has 7 heteroatoms. The molecule has 0 atom stereocenters. The quantitative estimate of drug-likeness (QED) is 0.474. The first-order chi connectivity index (χ1) is 10.6. The highest BCUT2D eigenvalue weighted by atomic mass is 15.3. The second-order valence-corrected chi connectivity index (χ2v) is 5.28. The molecule has 7 nitrogen and oxygen atoms in total. The second kappa shape index (κ2) is 7.63. The minimum absolute atomic E-state index is 0.729. The molecule has 0 amide bonds. The van der Waals surface area contributed by atoms with Gasteiger partial charge in [-0.3, -0.25) is 9.67 Å². The smallest absolute Gasteiger partial charge is 0.191 e. The molecule has 0 aliphatic carbocycles. The van der Waals surface area contributed by atoms with Crippen molar-refractivity contribution in [2.24, 2.45) is 12.0 Å². The molecule has 22 heavy (non-hydrogen) atoms. The van der Waals surface area contributed by atoms with Gasteiger partial charge in [0.1, 0.15) is 0 Å². The summed E-state index contributed by atoms with van der Waals surface area (Å²) in [5.41, 5.74) is 3.47. The average Bonchev–Trinajstić information content (AvgIpc) is 3.09. The average molecular weight is 303 g/mol. The second-order valence-electron chi connectivity index (χ2n) is 5.28. The van der Waals surface area contributed by atoms with Crippen molar-refractivity contribution < 1.29 is 0 Å². The van der Waals surface area contributed by atoms with Crippen molar-refractivity contribution in [1.29, 1.82) is 0 Å². The summed E-state index contributed by atoms with van der Waals surface area (Å²) in [6.45, 7) is 6.66. The normalized spacial score (nSPS) is 11.7. The maximum atomic E-state index is 4.43. The van der Waals surface area contributed by atoms with E-state index < -0.39 is 0 Å². The maximum Gasteiger partial charge on any atom is 0.191 e. The van der Waals surface area contributed by atoms with Crippen LogP contribution in [0.3, 0.4) is 0 Å². The van der Waals surface area contributed by atoms with Crippen LogP contribution in [0.2, 0.25) is 0 Å². The first kappa shape index (κ1) is 16.1. The van der Waals surface area contributed by atoms with E-state index in [0.717, 1.165) is 37.7 Å². The number of aromatic nitrogens is 4. The number of nitrogens with one attached hydrogen (secondary N) is 2. The predicted octanol–water partition coefficient (Wildman–Crippen LogP) is 0.989. The van der Waals surface area contributed by atoms with Crippen molar-refractivity contribution in [2.75, 3.05) is 13.6 Å². The van der Waals surface area contributed by atoms with Crippen molar-refractivity contribution in [1.82, 2.24) is 30.0 Å². The van der Waals surface area contributed by atoms with Crippen LogP contribution in [0, 0.1) is 13.8 Å². The number of aliphatic imine (C=N–C) groups is 1. The first-order valence-electron chi connectivity index (χ1n) is 7.51. The summed E-state index contributed by atoms with van der Waals surface area (Å²) in [7, 11) is 3.75. The third kappa shape index (κ3) is 4.09. The van der Waals surface area contributed by atoms with Gasteiger partial charge in [-0.1, -0.05) is 0 Å². The fourth-order valence-corrected chi connectivity index (χ4v) is 2.35. The van der Waals surface area contributed by atoms with Crippen LogP contribution >= 0.6 is 0 Å². The Morgan fingerprint density at radius 2 is 2.14 bits per heavy atom. The van der Waals surface area contributed by atoms with E-state index in [0.29, 0.717) is 0 Å². The lowest BCUT2D eigenvalue weighted by atomic mass is 10.2. The molecule has 0 aliphatic rings. The van der Waals surface area contributed by atoms with Gasteiger partial charge in [-0.25, -0.2) is 4.98 Å². The first-order valence-corrected chi connectivity index (χ1v) is 7.51. The molecule has 120 valence electrons. The van der Waals surface area contributed by atoms with Crippen LogP contribution < -0.4 is 10.6 Å². The van der Waals surface area contributed by atoms with Crippen molar-refractivity contribution in [3.63, 3.8) is 0 Å². The van der Waals surface area contributed by atoms with E-state index in [4.69, 9.17) is 0 Å². The zero-order valence-corrected chi connectivity index (χ0v) is 13.8. The number of hydrogen-bond donors (Lipinski definition) is 2. The fraction of sp³-hybridized carbons (Fsp3) is 0.533. The fourth-order valence-electron chi connectivity index (χ4n) is 2.35. The standard InChI is InChI=1S/C15H25N7/c1-12-14(13(2)21(4)20-12)10-19-15(16-3)18-6-5-8-22-9-7-17-11-22/h7,9,11H,5-6,8,10H2,1-4H3,(H2,16,18,19). The van der Waals surface area contributed by atoms with E-state index in [1.165, 1.54) is 11.3 Å². The molecular formula is C15H25N7. The van der Waals surface area contributed by atoms with Gasteiger partial charge >= 0.3 is 0 Å². The number of imidazole rings is 1. The third-order valence-corrected chi connectivity index (χ3v) is 3.76. The van der Waals surface area contributed by atoms with Crippen molar-refractivity contribution in [3.8, 4) is 0 Å². The van der Waals surface area contributed by atoms with Gasteiger partial charge in [0, 0.05) is 57.4 Å². The molecule has 0 unspecified atom stereocenters. The lowest BCUT2D eigenvalue weighted by Gasteiger charge is -2.12. The predicted molar refractivity (Wildman–Crippen MR) is 87.7 cm³/mol. The lowest BCUT2D eigenvalue weighted by molar-refractivity contribution is 0.624. The van der Waals surface area contributed by atoms with Gasteiger partial charge in [-0.15, -0.1) is 0 Å². The molecule has 2 N–H and O–H groups in total. The molecule has 0 spiro atoms.